The molecule has 3 N–H and O–H groups in total. The van der Waals surface area contributed by atoms with Crippen LogP contribution in [0.15, 0.2) is 137 Å². The number of nitrogens with one attached hydrogen (secondary N) is 3. The number of methoxy groups -OCH3 is 4. The third kappa shape index (κ3) is 9.56. The molecule has 3 amide bonds. The summed E-state index contributed by atoms with van der Waals surface area (Å²) in [7, 11) is 6.09. The lowest BCUT2D eigenvalue weighted by molar-refractivity contribution is -0.116. The SMILES string of the molecule is COc1ccccc1-c1csc(NC(=O)C(Sc2ccc(NC(=O)/C(=C/c3cc(OC)c(OC)c(OC)c3)NC(=O)c3ccccc3)cc2)c2ccccc2)n1. The molecule has 13 heteroatoms. The van der Waals surface area contributed by atoms with Gasteiger partial charge in [0.05, 0.1) is 34.1 Å². The Hall–Kier alpha value is -6.57. The Bertz CT molecular complexity index is 2310. The Morgan fingerprint density at radius 1 is 0.714 bits per heavy atom. The number of carbonyl (C=O) groups is 3. The summed E-state index contributed by atoms with van der Waals surface area (Å²) < 4.78 is 21.9. The lowest BCUT2D eigenvalue weighted by Crippen LogP contribution is -2.30. The Balaban J connectivity index is 1.21. The summed E-state index contributed by atoms with van der Waals surface area (Å²) >= 11 is 2.69. The van der Waals surface area contributed by atoms with Gasteiger partial charge in [-0.05, 0) is 77.9 Å². The molecular formula is C43H38N4O7S2. The highest BCUT2D eigenvalue weighted by molar-refractivity contribution is 8.00. The highest BCUT2D eigenvalue weighted by Crippen LogP contribution is 2.40. The molecule has 1 aromatic heterocycles. The van der Waals surface area contributed by atoms with Crippen LogP contribution in [0.25, 0.3) is 17.3 Å². The summed E-state index contributed by atoms with van der Waals surface area (Å²) in [5.74, 6) is 0.564. The van der Waals surface area contributed by atoms with E-state index in [1.807, 2.05) is 72.1 Å². The smallest absolute Gasteiger partial charge is 0.272 e. The molecule has 284 valence electrons. The molecule has 5 aromatic carbocycles. The fraction of sp³-hybridized carbons (Fsp3) is 0.116. The van der Waals surface area contributed by atoms with E-state index in [4.69, 9.17) is 18.9 Å². The second kappa shape index (κ2) is 18.7. The van der Waals surface area contributed by atoms with Crippen molar-refractivity contribution in [3.8, 4) is 34.3 Å². The van der Waals surface area contributed by atoms with Gasteiger partial charge in [0.15, 0.2) is 16.6 Å². The highest BCUT2D eigenvalue weighted by atomic mass is 32.2. The van der Waals surface area contributed by atoms with Crippen LogP contribution < -0.4 is 34.9 Å². The molecule has 1 unspecified atom stereocenters. The van der Waals surface area contributed by atoms with E-state index in [0.717, 1.165) is 16.0 Å². The fourth-order valence-electron chi connectivity index (χ4n) is 5.63. The molecule has 0 saturated carbocycles. The van der Waals surface area contributed by atoms with Crippen molar-refractivity contribution < 1.29 is 33.3 Å². The first kappa shape index (κ1) is 39.1. The van der Waals surface area contributed by atoms with Gasteiger partial charge < -0.3 is 34.9 Å². The van der Waals surface area contributed by atoms with E-state index in [1.165, 1.54) is 50.5 Å². The van der Waals surface area contributed by atoms with E-state index in [9.17, 15) is 14.4 Å². The maximum absolute atomic E-state index is 13.8. The molecule has 6 aromatic rings. The number of benzene rings is 5. The number of rotatable bonds is 15. The van der Waals surface area contributed by atoms with Crippen LogP contribution in [0.5, 0.6) is 23.0 Å². The lowest BCUT2D eigenvalue weighted by atomic mass is 10.1. The summed E-state index contributed by atoms with van der Waals surface area (Å²) in [6, 6.07) is 36.1. The average Bonchev–Trinajstić information content (AvgIpc) is 3.71. The van der Waals surface area contributed by atoms with E-state index in [0.29, 0.717) is 50.6 Å². The number of amides is 3. The number of nitrogens with zero attached hydrogens (tertiary/aromatic N) is 1. The number of aromatic nitrogens is 1. The quantitative estimate of drug-likeness (QED) is 0.0690. The van der Waals surface area contributed by atoms with Crippen molar-refractivity contribution in [3.63, 3.8) is 0 Å². The molecular weight excluding hydrogens is 749 g/mol. The van der Waals surface area contributed by atoms with Crippen LogP contribution in [0.1, 0.15) is 26.7 Å². The normalized spacial score (nSPS) is 11.5. The Labute approximate surface area is 332 Å². The van der Waals surface area contributed by atoms with Gasteiger partial charge in [0.25, 0.3) is 11.8 Å². The van der Waals surface area contributed by atoms with Crippen LogP contribution in [0.2, 0.25) is 0 Å². The molecule has 0 saturated heterocycles. The summed E-state index contributed by atoms with van der Waals surface area (Å²) in [5, 5.41) is 10.3. The minimum atomic E-state index is -0.614. The highest BCUT2D eigenvalue weighted by Gasteiger charge is 2.24. The monoisotopic (exact) mass is 786 g/mol. The Morgan fingerprint density at radius 3 is 1.98 bits per heavy atom. The lowest BCUT2D eigenvalue weighted by Gasteiger charge is -2.17. The number of hydrogen-bond acceptors (Lipinski definition) is 10. The third-order valence-corrected chi connectivity index (χ3v) is 10.4. The maximum Gasteiger partial charge on any atom is 0.272 e. The second-order valence-corrected chi connectivity index (χ2v) is 14.0. The number of ether oxygens (including phenoxy) is 4. The van der Waals surface area contributed by atoms with E-state index in [1.54, 1.807) is 61.7 Å². The summed E-state index contributed by atoms with van der Waals surface area (Å²) in [4.78, 5) is 46.3. The number of anilines is 2. The second-order valence-electron chi connectivity index (χ2n) is 12.0. The van der Waals surface area contributed by atoms with Crippen molar-refractivity contribution in [1.82, 2.24) is 10.3 Å². The van der Waals surface area contributed by atoms with Crippen LogP contribution in [-0.2, 0) is 9.59 Å². The molecule has 6 rings (SSSR count). The first-order valence-corrected chi connectivity index (χ1v) is 19.0. The van der Waals surface area contributed by atoms with Crippen molar-refractivity contribution in [1.29, 1.82) is 0 Å². The van der Waals surface area contributed by atoms with E-state index in [-0.39, 0.29) is 11.6 Å². The largest absolute Gasteiger partial charge is 0.496 e. The van der Waals surface area contributed by atoms with Crippen molar-refractivity contribution in [3.05, 3.63) is 149 Å². The zero-order chi connectivity index (χ0) is 39.4. The number of thiazole rings is 1. The van der Waals surface area contributed by atoms with Gasteiger partial charge in [-0.2, -0.15) is 0 Å². The average molecular weight is 787 g/mol. The van der Waals surface area contributed by atoms with Gasteiger partial charge in [-0.3, -0.25) is 14.4 Å². The number of thioether (sulfide) groups is 1. The topological polar surface area (TPSA) is 137 Å². The van der Waals surface area contributed by atoms with Crippen LogP contribution in [0.4, 0.5) is 10.8 Å². The standard InChI is InChI=1S/C43H38N4O7S2/c1-51-35-18-12-11-17-32(35)34-26-55-43(46-34)47-42(50)39(28-13-7-5-8-14-28)56-31-21-19-30(20-22-31)44-41(49)33(45-40(48)29-15-9-6-10-16-29)23-27-24-36(52-2)38(54-4)37(25-27)53-3/h5-26,39H,1-4H3,(H,44,49)(H,45,48)(H,46,47,50)/b33-23-. The van der Waals surface area contributed by atoms with E-state index >= 15 is 0 Å². The van der Waals surface area contributed by atoms with Crippen molar-refractivity contribution in [2.24, 2.45) is 0 Å². The minimum Gasteiger partial charge on any atom is -0.496 e. The van der Waals surface area contributed by atoms with Gasteiger partial charge in [0.2, 0.25) is 11.7 Å². The van der Waals surface area contributed by atoms with Gasteiger partial charge in [0, 0.05) is 27.1 Å². The number of carbonyl (C=O) groups excluding carboxylic acids is 3. The predicted molar refractivity (Wildman–Crippen MR) is 221 cm³/mol. The minimum absolute atomic E-state index is 0.0246. The first-order valence-electron chi connectivity index (χ1n) is 17.2. The fourth-order valence-corrected chi connectivity index (χ4v) is 7.37. The molecule has 0 aliphatic heterocycles. The van der Waals surface area contributed by atoms with Crippen LogP contribution in [0, 0.1) is 0 Å². The maximum atomic E-state index is 13.8. The molecule has 0 radical (unpaired) electrons. The molecule has 0 aliphatic rings. The molecule has 56 heavy (non-hydrogen) atoms. The molecule has 0 spiro atoms. The van der Waals surface area contributed by atoms with E-state index < -0.39 is 17.1 Å². The molecule has 1 atom stereocenters. The van der Waals surface area contributed by atoms with E-state index in [2.05, 4.69) is 20.9 Å². The Kier molecular flexibility index (Phi) is 13.0. The summed E-state index contributed by atoms with van der Waals surface area (Å²) in [6.07, 6.45) is 1.52. The Morgan fingerprint density at radius 2 is 1.34 bits per heavy atom. The zero-order valence-electron chi connectivity index (χ0n) is 30.9. The molecule has 1 heterocycles. The number of para-hydroxylation sites is 1. The number of hydrogen-bond donors (Lipinski definition) is 3. The predicted octanol–water partition coefficient (Wildman–Crippen LogP) is 8.73. The third-order valence-electron chi connectivity index (χ3n) is 8.35. The summed E-state index contributed by atoms with van der Waals surface area (Å²) in [6.45, 7) is 0. The molecule has 11 nitrogen and oxygen atoms in total. The van der Waals surface area contributed by atoms with Crippen molar-refractivity contribution >= 4 is 57.7 Å². The van der Waals surface area contributed by atoms with Crippen LogP contribution >= 0.6 is 23.1 Å². The van der Waals surface area contributed by atoms with Crippen molar-refractivity contribution in [2.45, 2.75) is 10.1 Å². The van der Waals surface area contributed by atoms with Gasteiger partial charge in [-0.1, -0.05) is 60.7 Å². The first-order chi connectivity index (χ1) is 27.3. The zero-order valence-corrected chi connectivity index (χ0v) is 32.5. The molecule has 0 aliphatic carbocycles. The summed E-state index contributed by atoms with van der Waals surface area (Å²) in [5.41, 5.74) is 3.68. The van der Waals surface area contributed by atoms with Crippen LogP contribution in [0.3, 0.4) is 0 Å². The van der Waals surface area contributed by atoms with Gasteiger partial charge in [0.1, 0.15) is 16.7 Å². The van der Waals surface area contributed by atoms with Crippen LogP contribution in [-0.4, -0.2) is 51.1 Å². The van der Waals surface area contributed by atoms with Gasteiger partial charge in [-0.15, -0.1) is 23.1 Å². The van der Waals surface area contributed by atoms with Crippen molar-refractivity contribution in [2.75, 3.05) is 39.1 Å². The molecule has 0 bridgehead atoms. The molecule has 0 fully saturated rings. The van der Waals surface area contributed by atoms with Gasteiger partial charge >= 0.3 is 0 Å². The van der Waals surface area contributed by atoms with Gasteiger partial charge in [-0.25, -0.2) is 4.98 Å².